The maximum absolute atomic E-state index is 15.3. The Morgan fingerprint density at radius 3 is 2.31 bits per heavy atom. The number of carbonyl (C=O) groups excluding carboxylic acids is 2. The van der Waals surface area contributed by atoms with Crippen molar-refractivity contribution in [2.24, 2.45) is 5.73 Å². The van der Waals surface area contributed by atoms with Crippen molar-refractivity contribution < 1.29 is 27.8 Å². The number of benzene rings is 2. The topological polar surface area (TPSA) is 101 Å². The number of nitrogens with two attached hydrogens (primary N) is 1. The largest absolute Gasteiger partial charge is 0.463 e. The fourth-order valence-corrected chi connectivity index (χ4v) is 5.82. The molecule has 0 saturated heterocycles. The molecule has 0 unspecified atom stereocenters. The molecule has 2 heterocycles. The van der Waals surface area contributed by atoms with Gasteiger partial charge in [0.2, 0.25) is 0 Å². The Morgan fingerprint density at radius 2 is 1.72 bits per heavy atom. The number of hydrogen-bond donors (Lipinski definition) is 1. The fraction of sp³-hybridized carbons (Fsp3) is 0.222. The van der Waals surface area contributed by atoms with Crippen LogP contribution in [0.5, 0.6) is 0 Å². The van der Waals surface area contributed by atoms with Crippen LogP contribution in [-0.2, 0) is 19.1 Å². The van der Waals surface area contributed by atoms with Gasteiger partial charge in [0, 0.05) is 16.1 Å². The number of thiazole rings is 1. The number of ether oxygens (including phenoxy) is 2. The van der Waals surface area contributed by atoms with Gasteiger partial charge in [0.1, 0.15) is 22.1 Å². The van der Waals surface area contributed by atoms with E-state index in [1.54, 1.807) is 20.8 Å². The van der Waals surface area contributed by atoms with Gasteiger partial charge in [-0.3, -0.25) is 9.36 Å². The lowest BCUT2D eigenvalue weighted by Gasteiger charge is -2.28. The smallest absolute Gasteiger partial charge is 0.338 e. The van der Waals surface area contributed by atoms with Gasteiger partial charge in [-0.05, 0) is 51.1 Å². The fourth-order valence-electron chi connectivity index (χ4n) is 4.19. The molecule has 0 aliphatic carbocycles. The highest BCUT2D eigenvalue weighted by Gasteiger charge is 2.42. The molecule has 1 aliphatic rings. The standard InChI is InChI=1S/C27H22Cl2F2N2O5S/c1-4-37-26(35)21-20(19-15(29)8-6-10-17(19)31)22(27(36)38-12(2)3)25-33(23(21)32)24(34)18(39-25)11-13-14(28)7-5-9-16(13)30/h5-12,20H,4,32H2,1-3H3/t20-/m0/s1. The highest BCUT2D eigenvalue weighted by molar-refractivity contribution is 7.07. The molecule has 4 rings (SSSR count). The molecular formula is C27H22Cl2F2N2O5S. The number of nitrogens with zero attached hydrogens (tertiary/aromatic N) is 1. The highest BCUT2D eigenvalue weighted by atomic mass is 35.5. The van der Waals surface area contributed by atoms with Crippen molar-refractivity contribution >= 4 is 63.9 Å². The van der Waals surface area contributed by atoms with Gasteiger partial charge >= 0.3 is 11.9 Å². The zero-order valence-corrected chi connectivity index (χ0v) is 23.2. The van der Waals surface area contributed by atoms with Crippen molar-refractivity contribution in [1.29, 1.82) is 0 Å². The van der Waals surface area contributed by atoms with Crippen LogP contribution in [0.1, 0.15) is 37.8 Å². The summed E-state index contributed by atoms with van der Waals surface area (Å²) in [6, 6.07) is 7.89. The Morgan fingerprint density at radius 1 is 1.08 bits per heavy atom. The maximum atomic E-state index is 15.3. The quantitative estimate of drug-likeness (QED) is 0.434. The van der Waals surface area contributed by atoms with Crippen LogP contribution >= 0.6 is 34.5 Å². The second-order valence-corrected chi connectivity index (χ2v) is 10.5. The van der Waals surface area contributed by atoms with Crippen molar-refractivity contribution in [3.8, 4) is 0 Å². The van der Waals surface area contributed by atoms with Crippen LogP contribution in [0.2, 0.25) is 10.0 Å². The minimum absolute atomic E-state index is 0.0424. The Bertz CT molecular complexity index is 1670. The summed E-state index contributed by atoms with van der Waals surface area (Å²) in [6.07, 6.45) is 0.600. The van der Waals surface area contributed by atoms with Crippen molar-refractivity contribution in [2.75, 3.05) is 6.61 Å². The predicted molar refractivity (Wildman–Crippen MR) is 146 cm³/mol. The molecule has 0 radical (unpaired) electrons. The van der Waals surface area contributed by atoms with Crippen LogP contribution in [0.3, 0.4) is 0 Å². The molecule has 39 heavy (non-hydrogen) atoms. The zero-order chi connectivity index (χ0) is 28.6. The molecule has 204 valence electrons. The van der Waals surface area contributed by atoms with E-state index in [2.05, 4.69) is 0 Å². The normalized spacial score (nSPS) is 15.5. The average molecular weight is 595 g/mol. The molecule has 1 aromatic heterocycles. The number of rotatable bonds is 6. The molecule has 1 aliphatic heterocycles. The molecule has 3 aromatic rings. The molecule has 0 spiro atoms. The number of hydrogen-bond acceptors (Lipinski definition) is 7. The van der Waals surface area contributed by atoms with E-state index >= 15 is 4.39 Å². The van der Waals surface area contributed by atoms with E-state index in [1.807, 2.05) is 0 Å². The first-order valence-electron chi connectivity index (χ1n) is 11.7. The first-order chi connectivity index (χ1) is 18.5. The monoisotopic (exact) mass is 594 g/mol. The van der Waals surface area contributed by atoms with Gasteiger partial charge in [0.15, 0.2) is 0 Å². The highest BCUT2D eigenvalue weighted by Crippen LogP contribution is 2.42. The number of carbonyl (C=O) groups is 2. The second-order valence-electron chi connectivity index (χ2n) is 8.65. The third-order valence-electron chi connectivity index (χ3n) is 5.77. The molecule has 0 amide bonds. The van der Waals surface area contributed by atoms with E-state index in [4.69, 9.17) is 38.4 Å². The van der Waals surface area contributed by atoms with Gasteiger partial charge in [-0.1, -0.05) is 35.3 Å². The van der Waals surface area contributed by atoms with Crippen molar-refractivity contribution in [1.82, 2.24) is 4.57 Å². The predicted octanol–water partition coefficient (Wildman–Crippen LogP) is 3.91. The molecule has 12 heteroatoms. The lowest BCUT2D eigenvalue weighted by Crippen LogP contribution is -2.42. The summed E-state index contributed by atoms with van der Waals surface area (Å²) in [7, 11) is 0. The lowest BCUT2D eigenvalue weighted by molar-refractivity contribution is -0.140. The van der Waals surface area contributed by atoms with Gasteiger partial charge in [-0.2, -0.15) is 0 Å². The first kappa shape index (κ1) is 28.5. The van der Waals surface area contributed by atoms with Crippen LogP contribution < -0.4 is 20.5 Å². The van der Waals surface area contributed by atoms with Crippen molar-refractivity contribution in [3.63, 3.8) is 0 Å². The van der Waals surface area contributed by atoms with Crippen molar-refractivity contribution in [2.45, 2.75) is 32.8 Å². The second kappa shape index (κ2) is 11.3. The van der Waals surface area contributed by atoms with Gasteiger partial charge < -0.3 is 15.2 Å². The summed E-state index contributed by atoms with van der Waals surface area (Å²) in [4.78, 5) is 40.4. The van der Waals surface area contributed by atoms with E-state index in [0.29, 0.717) is 0 Å². The number of halogens is 4. The van der Waals surface area contributed by atoms with E-state index in [9.17, 15) is 18.8 Å². The lowest BCUT2D eigenvalue weighted by atomic mass is 9.82. The average Bonchev–Trinajstić information content (AvgIpc) is 3.17. The molecule has 2 aromatic carbocycles. The maximum Gasteiger partial charge on any atom is 0.338 e. The number of esters is 2. The van der Waals surface area contributed by atoms with Crippen LogP contribution in [0.25, 0.3) is 17.5 Å². The third kappa shape index (κ3) is 5.24. The van der Waals surface area contributed by atoms with Gasteiger partial charge in [0.05, 0.1) is 39.3 Å². The SMILES string of the molecule is CCOC(=O)C1=C(N)n2c(sc(=Cc3c(F)cccc3Cl)c2=O)=C(C(=O)OC(C)C)[C@H]1c1c(F)cccc1Cl. The Hall–Kier alpha value is -3.47. The van der Waals surface area contributed by atoms with E-state index in [-0.39, 0.29) is 48.1 Å². The molecular weight excluding hydrogens is 573 g/mol. The molecule has 0 bridgehead atoms. The summed E-state index contributed by atoms with van der Waals surface area (Å²) in [6.45, 7) is 4.68. The molecule has 1 atom stereocenters. The molecule has 7 nitrogen and oxygen atoms in total. The summed E-state index contributed by atoms with van der Waals surface area (Å²) >= 11 is 13.3. The molecule has 2 N–H and O–H groups in total. The van der Waals surface area contributed by atoms with E-state index < -0.39 is 47.0 Å². The molecule has 0 saturated carbocycles. The third-order valence-corrected chi connectivity index (χ3v) is 7.54. The van der Waals surface area contributed by atoms with Crippen LogP contribution in [-0.4, -0.2) is 29.2 Å². The van der Waals surface area contributed by atoms with E-state index in [0.717, 1.165) is 22.0 Å². The summed E-state index contributed by atoms with van der Waals surface area (Å²) < 4.78 is 41.3. The zero-order valence-electron chi connectivity index (χ0n) is 20.9. The number of aromatic nitrogens is 1. The summed E-state index contributed by atoms with van der Waals surface area (Å²) in [5.74, 6) is -5.31. The Balaban J connectivity index is 2.20. The van der Waals surface area contributed by atoms with Crippen LogP contribution in [0.4, 0.5) is 8.78 Å². The minimum Gasteiger partial charge on any atom is -0.463 e. The van der Waals surface area contributed by atoms with Crippen molar-refractivity contribution in [3.05, 3.63) is 94.3 Å². The van der Waals surface area contributed by atoms with Gasteiger partial charge in [-0.25, -0.2) is 18.4 Å². The summed E-state index contributed by atoms with van der Waals surface area (Å²) in [5, 5.41) is -0.0531. The van der Waals surface area contributed by atoms with Gasteiger partial charge in [0.25, 0.3) is 5.56 Å². The van der Waals surface area contributed by atoms with Crippen LogP contribution in [0.15, 0.2) is 46.8 Å². The first-order valence-corrected chi connectivity index (χ1v) is 13.3. The van der Waals surface area contributed by atoms with Crippen LogP contribution in [0, 0.1) is 11.6 Å². The number of fused-ring (bicyclic) bond motifs is 1. The Kier molecular flexibility index (Phi) is 8.29. The molecule has 0 fully saturated rings. The Labute approximate surface area is 235 Å². The minimum atomic E-state index is -1.48. The van der Waals surface area contributed by atoms with Gasteiger partial charge in [-0.15, -0.1) is 11.3 Å². The van der Waals surface area contributed by atoms with E-state index in [1.165, 1.54) is 36.4 Å². The summed E-state index contributed by atoms with van der Waals surface area (Å²) in [5.41, 5.74) is 4.70.